The lowest BCUT2D eigenvalue weighted by molar-refractivity contribution is -0.155. The molecule has 0 saturated heterocycles. The summed E-state index contributed by atoms with van der Waals surface area (Å²) in [6.45, 7) is 16.8. The fourth-order valence-electron chi connectivity index (χ4n) is 16.4. The predicted octanol–water partition coefficient (Wildman–Crippen LogP) is 5.00. The Bertz CT molecular complexity index is 4990. The van der Waals surface area contributed by atoms with E-state index < -0.39 is 181 Å². The number of primary amides is 3. The molecule has 3 aromatic rings. The van der Waals surface area contributed by atoms with Crippen LogP contribution in [0.2, 0.25) is 0 Å². The zero-order valence-electron chi connectivity index (χ0n) is 63.7. The number of carbonyl (C=O) groups is 9. The highest BCUT2D eigenvalue weighted by molar-refractivity contribution is 14.1. The molecule has 0 aromatic heterocycles. The third-order valence-corrected chi connectivity index (χ3v) is 21.8. The number of allylic oxidation sites excluding steroid dienone is 2. The van der Waals surface area contributed by atoms with Crippen LogP contribution in [0.3, 0.4) is 0 Å². The van der Waals surface area contributed by atoms with E-state index in [1.807, 2.05) is 26.0 Å². The number of benzene rings is 3. The maximum Gasteiger partial charge on any atom is 0.255 e. The summed E-state index contributed by atoms with van der Waals surface area (Å²) in [5, 5.41) is 131. The summed E-state index contributed by atoms with van der Waals surface area (Å²) in [5.74, 6) is -11.7. The zero-order valence-corrected chi connectivity index (χ0v) is 65.9. The van der Waals surface area contributed by atoms with E-state index in [-0.39, 0.29) is 105 Å². The van der Waals surface area contributed by atoms with Crippen LogP contribution in [0.5, 0.6) is 17.2 Å². The van der Waals surface area contributed by atoms with Crippen LogP contribution in [0.15, 0.2) is 136 Å². The molecule has 3 saturated carbocycles. The number of nitrogens with two attached hydrogens (primary N) is 3. The van der Waals surface area contributed by atoms with Gasteiger partial charge in [0.25, 0.3) is 17.7 Å². The third kappa shape index (κ3) is 17.5. The van der Waals surface area contributed by atoms with Crippen molar-refractivity contribution in [3.63, 3.8) is 0 Å². The average molecular weight is 1700 g/mol. The van der Waals surface area contributed by atoms with Crippen LogP contribution < -0.4 is 17.2 Å². The molecule has 33 heteroatoms. The van der Waals surface area contributed by atoms with Crippen molar-refractivity contribution < 1.29 is 104 Å². The first-order valence-corrected chi connectivity index (χ1v) is 35.9. The molecule has 9 aliphatic rings. The summed E-state index contributed by atoms with van der Waals surface area (Å²) in [7, 11) is 25.2. The Balaban J connectivity index is 0.000000406. The number of aliphatic hydroxyl groups is 9. The number of hydrogen-bond donors (Lipinski definition) is 15. The number of ketones is 6. The van der Waals surface area contributed by atoms with E-state index >= 15 is 0 Å². The van der Waals surface area contributed by atoms with Gasteiger partial charge < -0.3 is 78.5 Å². The molecule has 12 atom stereocenters. The summed E-state index contributed by atoms with van der Waals surface area (Å²) < 4.78 is 0.784. The SMILES string of the molecule is C.C.C.C#CC.C/C=C\c1ccc(O)c2c1CC1CC3C(N(C)C)C(=O)C(C(N)=O)=C(O)[C@@]3(O)C(=O)C1=C2O.C=C=C=C=C.C=CC.CC#Cc1ccc(O)c2c1CC1CC3C(N(C)C)C(=O)C(C(N)=O)=C(O)[C@@]3(O)C(=O)C1=C2O.CN(C)C1C(=O)C(C(N)=O)=C(O)[C@@]2(O)C(=O)C3=C(O)c4c(O)ccc(I)c4CC3CC12.[B][B]B([B])[B]. The van der Waals surface area contributed by atoms with Crippen molar-refractivity contribution in [2.75, 3.05) is 42.3 Å². The summed E-state index contributed by atoms with van der Waals surface area (Å²) in [6.07, 6.45) is 10.5. The number of phenols is 3. The van der Waals surface area contributed by atoms with Gasteiger partial charge in [0, 0.05) is 80.3 Å². The van der Waals surface area contributed by atoms with Crippen LogP contribution in [0, 0.1) is 63.3 Å². The minimum Gasteiger partial charge on any atom is -0.508 e. The Hall–Kier alpha value is -10.8. The Labute approximate surface area is 694 Å². The molecule has 116 heavy (non-hydrogen) atoms. The molecule has 0 aliphatic heterocycles. The smallest absolute Gasteiger partial charge is 0.255 e. The second-order valence-corrected chi connectivity index (χ2v) is 29.3. The molecule has 607 valence electrons. The minimum atomic E-state index is -2.64. The summed E-state index contributed by atoms with van der Waals surface area (Å²) in [5.41, 5.74) is 15.5. The van der Waals surface area contributed by atoms with Crippen LogP contribution >= 0.6 is 22.6 Å². The number of aromatic hydroxyl groups is 3. The van der Waals surface area contributed by atoms with Crippen LogP contribution in [-0.2, 0) is 62.4 Å². The molecule has 18 N–H and O–H groups in total. The highest BCUT2D eigenvalue weighted by Crippen LogP contribution is 2.57. The number of fused-ring (bicyclic) bond motifs is 9. The van der Waals surface area contributed by atoms with E-state index in [1.165, 1.54) is 40.0 Å². The van der Waals surface area contributed by atoms with E-state index in [9.17, 15) is 104 Å². The third-order valence-electron chi connectivity index (χ3n) is 20.8. The monoisotopic (exact) mass is 1700 g/mol. The molecular formula is C83H97B5IN6O21. The van der Waals surface area contributed by atoms with Gasteiger partial charge in [-0.3, -0.25) is 57.9 Å². The van der Waals surface area contributed by atoms with Crippen molar-refractivity contribution in [2.24, 2.45) is 52.7 Å². The maximum atomic E-state index is 13.7. The molecule has 0 heterocycles. The normalized spacial score (nSPS) is 25.2. The van der Waals surface area contributed by atoms with Gasteiger partial charge in [-0.1, -0.05) is 64.0 Å². The van der Waals surface area contributed by atoms with E-state index in [4.69, 9.17) is 40.4 Å². The van der Waals surface area contributed by atoms with Crippen molar-refractivity contribution in [2.45, 2.75) is 123 Å². The number of hydrogen-bond acceptors (Lipinski definition) is 24. The van der Waals surface area contributed by atoms with E-state index in [0.29, 0.717) is 28.7 Å². The number of Topliss-reactive ketones (excluding diaryl/α,β-unsaturated/α-hetero) is 6. The average Bonchev–Trinajstić information content (AvgIpc) is 0.710. The highest BCUT2D eigenvalue weighted by atomic mass is 127. The first kappa shape index (κ1) is 99.4. The first-order valence-electron chi connectivity index (χ1n) is 34.9. The summed E-state index contributed by atoms with van der Waals surface area (Å²) in [6, 6.07) is 5.87. The molecule has 3 fully saturated rings. The lowest BCUT2D eigenvalue weighted by Crippen LogP contribution is -2.65. The summed E-state index contributed by atoms with van der Waals surface area (Å²) in [4.78, 5) is 120. The second-order valence-electron chi connectivity index (χ2n) is 28.1. The number of halogens is 1. The van der Waals surface area contributed by atoms with Crippen molar-refractivity contribution in [3.05, 3.63) is 184 Å². The number of terminal acetylenes is 1. The Morgan fingerprint density at radius 2 is 0.845 bits per heavy atom. The van der Waals surface area contributed by atoms with Gasteiger partial charge >= 0.3 is 0 Å². The number of aliphatic hydroxyl groups excluding tert-OH is 6. The van der Waals surface area contributed by atoms with Crippen LogP contribution in [0.25, 0.3) is 23.4 Å². The second kappa shape index (κ2) is 39.7. The topological polar surface area (TPSA) is 484 Å². The number of likely N-dealkylation sites (N-methyl/N-ethyl adjacent to an activating group) is 3. The van der Waals surface area contributed by atoms with Gasteiger partial charge in [-0.25, -0.2) is 0 Å². The van der Waals surface area contributed by atoms with Crippen LogP contribution in [0.1, 0.15) is 114 Å². The first-order chi connectivity index (χ1) is 52.9. The zero-order chi connectivity index (χ0) is 85.6. The quantitative estimate of drug-likeness (QED) is 0.0352. The molecule has 27 nitrogen and oxygen atoms in total. The van der Waals surface area contributed by atoms with Crippen molar-refractivity contribution in [1.82, 2.24) is 14.7 Å². The van der Waals surface area contributed by atoms with E-state index in [2.05, 4.69) is 83.7 Å². The number of carbonyl (C=O) groups excluding carboxylic acids is 9. The molecule has 0 spiro atoms. The van der Waals surface area contributed by atoms with Gasteiger partial charge in [-0.2, -0.15) is 0 Å². The highest BCUT2D eigenvalue weighted by Gasteiger charge is 2.68. The van der Waals surface area contributed by atoms with Gasteiger partial charge in [0.1, 0.15) is 68.5 Å². The fourth-order valence-corrected chi connectivity index (χ4v) is 17.0. The van der Waals surface area contributed by atoms with Gasteiger partial charge in [-0.15, -0.1) is 24.8 Å². The van der Waals surface area contributed by atoms with E-state index in [0.717, 1.165) is 9.13 Å². The van der Waals surface area contributed by atoms with Gasteiger partial charge in [-0.05, 0) is 220 Å². The molecule has 3 amide bonds. The molecular weight excluding hydrogens is 1600 g/mol. The lowest BCUT2D eigenvalue weighted by atomic mass is 8.97. The molecule has 0 bridgehead atoms. The number of rotatable bonds is 8. The largest absolute Gasteiger partial charge is 0.508 e. The van der Waals surface area contributed by atoms with Crippen LogP contribution in [0.4, 0.5) is 0 Å². The van der Waals surface area contributed by atoms with Gasteiger partial charge in [0.05, 0.1) is 34.8 Å². The van der Waals surface area contributed by atoms with Crippen LogP contribution in [-0.4, -0.2) is 242 Å². The molecule has 3 aromatic carbocycles. The molecule has 9 unspecified atom stereocenters. The number of nitrogens with zero attached hydrogens (tertiary/aromatic N) is 3. The van der Waals surface area contributed by atoms with Crippen molar-refractivity contribution in [3.8, 4) is 41.4 Å². The Morgan fingerprint density at radius 1 is 0.560 bits per heavy atom. The lowest BCUT2D eigenvalue weighted by Gasteiger charge is -2.50. The summed E-state index contributed by atoms with van der Waals surface area (Å²) >= 11 is 2.07. The predicted molar refractivity (Wildman–Crippen MR) is 454 cm³/mol. The Kier molecular flexibility index (Phi) is 34.0. The minimum absolute atomic E-state index is 0. The van der Waals surface area contributed by atoms with Gasteiger partial charge in [0.15, 0.2) is 34.2 Å². The van der Waals surface area contributed by atoms with Crippen molar-refractivity contribution >= 4 is 135 Å². The molecule has 12 rings (SSSR count). The molecule has 7 radical (unpaired) electrons. The molecule has 9 aliphatic carbocycles. The maximum absolute atomic E-state index is 13.7. The number of amides is 3. The Morgan fingerprint density at radius 3 is 1.12 bits per heavy atom. The van der Waals surface area contributed by atoms with E-state index in [1.54, 1.807) is 80.4 Å². The standard InChI is InChI=1S/C24H26N2O7.C24H24N2O7.C21H21IN2O7.C5H4.C3H6.C3H4.3CH4.B5/c2*1-4-5-10-6-7-14(27)16-12(10)8-11-9-13-18(26(2)3)20(29)17(23(25)32)22(31)24(13,33)21(30)15(11)19(16)28;1-24(2)15-9-6-7-5-8-10(22)3-4-11(25)13(8)16(26)12(7)18(28)21(9,31)19(29)14(17(15)27)20(23)30;1-3-5-4-2;2*1-3-2;;;;1-4-5(2)3/h4-7,11,13,18,27-28,31,33H,8-9H2,1-3H3,(H2,25,32);6-7,11,13,18,27-28,31,33H,8-9H2,1-3H3,(H2,25,32);3-4,7,9,15,25-26,29,31H,5-6H2,1-2H3,(H2,23,30);1-2H2;3H,1H2,2H3;1H,2H3;3*1H4;/b5-4-;;;;;;;;;/t2*11?,13?,18?,24-;7?,9?,15?,21-;;;;;;;/m000......./s1. The van der Waals surface area contributed by atoms with Gasteiger partial charge in [0.2, 0.25) is 17.3 Å². The van der Waals surface area contributed by atoms with Crippen molar-refractivity contribution in [1.29, 1.82) is 0 Å². The number of phenolic OH excluding ortho intramolecular Hbond substituents is 3. The fraction of sp³-hybridized carbons (Fsp3) is 0.373.